The van der Waals surface area contributed by atoms with E-state index in [0.717, 1.165) is 10.5 Å². The third-order valence-corrected chi connectivity index (χ3v) is 3.98. The molecule has 2 aromatic rings. The standard InChI is InChI=1S/C17H19NO2S/c1-21-16-9-7-14(8-10-16)17(20)18-15(12-19)11-13-5-3-2-4-6-13/h2-10,15,19H,11-12H2,1H3,(H,18,20)/t15-/m1/s1. The number of carbonyl (C=O) groups is 1. The number of aliphatic hydroxyl groups excluding tert-OH is 1. The van der Waals surface area contributed by atoms with Crippen molar-refractivity contribution in [3.63, 3.8) is 0 Å². The van der Waals surface area contributed by atoms with Crippen molar-refractivity contribution in [2.24, 2.45) is 0 Å². The van der Waals surface area contributed by atoms with Crippen molar-refractivity contribution in [3.8, 4) is 0 Å². The van der Waals surface area contributed by atoms with Crippen LogP contribution in [-0.4, -0.2) is 29.9 Å². The van der Waals surface area contributed by atoms with E-state index in [1.54, 1.807) is 23.9 Å². The lowest BCUT2D eigenvalue weighted by Gasteiger charge is -2.16. The van der Waals surface area contributed by atoms with E-state index in [-0.39, 0.29) is 18.6 Å². The van der Waals surface area contributed by atoms with Crippen LogP contribution in [0.4, 0.5) is 0 Å². The van der Waals surface area contributed by atoms with Crippen molar-refractivity contribution in [1.82, 2.24) is 5.32 Å². The van der Waals surface area contributed by atoms with E-state index in [1.165, 1.54) is 0 Å². The highest BCUT2D eigenvalue weighted by Crippen LogP contribution is 2.15. The van der Waals surface area contributed by atoms with Gasteiger partial charge in [0.1, 0.15) is 0 Å². The molecule has 2 rings (SSSR count). The maximum atomic E-state index is 12.2. The summed E-state index contributed by atoms with van der Waals surface area (Å²) in [6.07, 6.45) is 2.61. The van der Waals surface area contributed by atoms with E-state index in [9.17, 15) is 9.90 Å². The number of amides is 1. The highest BCUT2D eigenvalue weighted by atomic mass is 32.2. The Morgan fingerprint density at radius 1 is 1.14 bits per heavy atom. The summed E-state index contributed by atoms with van der Waals surface area (Å²) < 4.78 is 0. The zero-order valence-corrected chi connectivity index (χ0v) is 12.8. The van der Waals surface area contributed by atoms with Crippen molar-refractivity contribution >= 4 is 17.7 Å². The van der Waals surface area contributed by atoms with Gasteiger partial charge in [-0.25, -0.2) is 0 Å². The summed E-state index contributed by atoms with van der Waals surface area (Å²) >= 11 is 1.64. The highest BCUT2D eigenvalue weighted by molar-refractivity contribution is 7.98. The molecule has 0 heterocycles. The molecule has 2 N–H and O–H groups in total. The number of hydrogen-bond acceptors (Lipinski definition) is 3. The Morgan fingerprint density at radius 3 is 2.38 bits per heavy atom. The zero-order chi connectivity index (χ0) is 15.1. The van der Waals surface area contributed by atoms with Crippen LogP contribution in [0.25, 0.3) is 0 Å². The second-order valence-corrected chi connectivity index (χ2v) is 5.65. The van der Waals surface area contributed by atoms with E-state index in [4.69, 9.17) is 0 Å². The minimum atomic E-state index is -0.278. The molecule has 0 unspecified atom stereocenters. The topological polar surface area (TPSA) is 49.3 Å². The fraction of sp³-hybridized carbons (Fsp3) is 0.235. The largest absolute Gasteiger partial charge is 0.394 e. The minimum Gasteiger partial charge on any atom is -0.394 e. The predicted octanol–water partition coefficient (Wildman–Crippen LogP) is 2.74. The van der Waals surface area contributed by atoms with Crippen molar-refractivity contribution < 1.29 is 9.90 Å². The molecule has 4 heteroatoms. The maximum Gasteiger partial charge on any atom is 0.251 e. The molecule has 1 amide bonds. The summed E-state index contributed by atoms with van der Waals surface area (Å²) in [6, 6.07) is 17.0. The average Bonchev–Trinajstić information content (AvgIpc) is 2.55. The van der Waals surface area contributed by atoms with Crippen LogP contribution >= 0.6 is 11.8 Å². The van der Waals surface area contributed by atoms with Crippen molar-refractivity contribution in [3.05, 3.63) is 65.7 Å². The van der Waals surface area contributed by atoms with Gasteiger partial charge in [-0.3, -0.25) is 4.79 Å². The summed E-state index contributed by atoms with van der Waals surface area (Å²) in [4.78, 5) is 13.3. The van der Waals surface area contributed by atoms with E-state index < -0.39 is 0 Å². The SMILES string of the molecule is CSc1ccc(C(=O)N[C@@H](CO)Cc2ccccc2)cc1. The average molecular weight is 301 g/mol. The van der Waals surface area contributed by atoms with Crippen LogP contribution in [0.1, 0.15) is 15.9 Å². The molecule has 2 aromatic carbocycles. The molecule has 0 bridgehead atoms. The molecule has 0 saturated carbocycles. The van der Waals surface area contributed by atoms with Gasteiger partial charge >= 0.3 is 0 Å². The maximum absolute atomic E-state index is 12.2. The second-order valence-electron chi connectivity index (χ2n) is 4.77. The molecule has 3 nitrogen and oxygen atoms in total. The number of thioether (sulfide) groups is 1. The van der Waals surface area contributed by atoms with Crippen LogP contribution in [0.15, 0.2) is 59.5 Å². The number of aliphatic hydroxyl groups is 1. The molecule has 110 valence electrons. The van der Waals surface area contributed by atoms with Gasteiger partial charge in [-0.05, 0) is 42.5 Å². The number of benzene rings is 2. The lowest BCUT2D eigenvalue weighted by molar-refractivity contribution is 0.0916. The minimum absolute atomic E-state index is 0.0798. The molecule has 0 fully saturated rings. The molecule has 0 radical (unpaired) electrons. The fourth-order valence-corrected chi connectivity index (χ4v) is 2.48. The van der Waals surface area contributed by atoms with Gasteiger partial charge in [0, 0.05) is 10.5 Å². The second kappa shape index (κ2) is 7.86. The normalized spacial score (nSPS) is 11.9. The van der Waals surface area contributed by atoms with E-state index in [1.807, 2.05) is 48.7 Å². The van der Waals surface area contributed by atoms with E-state index in [0.29, 0.717) is 12.0 Å². The van der Waals surface area contributed by atoms with Crippen LogP contribution in [0.5, 0.6) is 0 Å². The first-order chi connectivity index (χ1) is 10.2. The van der Waals surface area contributed by atoms with Crippen LogP contribution in [0.2, 0.25) is 0 Å². The summed E-state index contributed by atoms with van der Waals surface area (Å²) in [5.41, 5.74) is 1.70. The first-order valence-corrected chi connectivity index (χ1v) is 8.05. The number of carbonyl (C=O) groups excluding carboxylic acids is 1. The molecule has 0 aromatic heterocycles. The Kier molecular flexibility index (Phi) is 5.84. The Balaban J connectivity index is 1.98. The summed E-state index contributed by atoms with van der Waals surface area (Å²) in [5, 5.41) is 12.3. The van der Waals surface area contributed by atoms with Crippen molar-refractivity contribution in [2.45, 2.75) is 17.4 Å². The molecule has 1 atom stereocenters. The quantitative estimate of drug-likeness (QED) is 0.807. The van der Waals surface area contributed by atoms with E-state index in [2.05, 4.69) is 5.32 Å². The Hall–Kier alpha value is -1.78. The molecule has 0 aliphatic rings. The smallest absolute Gasteiger partial charge is 0.251 e. The lowest BCUT2D eigenvalue weighted by atomic mass is 10.1. The van der Waals surface area contributed by atoms with E-state index >= 15 is 0 Å². The number of rotatable bonds is 6. The summed E-state index contributed by atoms with van der Waals surface area (Å²) in [5.74, 6) is -0.155. The summed E-state index contributed by atoms with van der Waals surface area (Å²) in [6.45, 7) is -0.0798. The molecule has 0 aliphatic heterocycles. The Bertz CT molecular complexity index is 569. The lowest BCUT2D eigenvalue weighted by Crippen LogP contribution is -2.39. The van der Waals surface area contributed by atoms with Gasteiger partial charge in [0.2, 0.25) is 0 Å². The zero-order valence-electron chi connectivity index (χ0n) is 12.0. The van der Waals surface area contributed by atoms with Gasteiger partial charge < -0.3 is 10.4 Å². The first-order valence-electron chi connectivity index (χ1n) is 6.82. The van der Waals surface area contributed by atoms with Crippen LogP contribution in [-0.2, 0) is 6.42 Å². The fourth-order valence-electron chi connectivity index (χ4n) is 2.07. The predicted molar refractivity (Wildman–Crippen MR) is 86.7 cm³/mol. The van der Waals surface area contributed by atoms with Crippen molar-refractivity contribution in [2.75, 3.05) is 12.9 Å². The number of nitrogens with one attached hydrogen (secondary N) is 1. The van der Waals surface area contributed by atoms with Crippen LogP contribution < -0.4 is 5.32 Å². The number of hydrogen-bond donors (Lipinski definition) is 2. The van der Waals surface area contributed by atoms with Gasteiger partial charge in [-0.15, -0.1) is 11.8 Å². The van der Waals surface area contributed by atoms with Crippen LogP contribution in [0, 0.1) is 0 Å². The molecule has 21 heavy (non-hydrogen) atoms. The van der Waals surface area contributed by atoms with Crippen LogP contribution in [0.3, 0.4) is 0 Å². The van der Waals surface area contributed by atoms with Gasteiger partial charge in [-0.1, -0.05) is 30.3 Å². The van der Waals surface area contributed by atoms with Gasteiger partial charge in [0.15, 0.2) is 0 Å². The Labute approximate surface area is 129 Å². The van der Waals surface area contributed by atoms with Gasteiger partial charge in [0.05, 0.1) is 12.6 Å². The van der Waals surface area contributed by atoms with Crippen molar-refractivity contribution in [1.29, 1.82) is 0 Å². The van der Waals surface area contributed by atoms with Gasteiger partial charge in [0.25, 0.3) is 5.91 Å². The molecule has 0 aliphatic carbocycles. The third kappa shape index (κ3) is 4.62. The molecular weight excluding hydrogens is 282 g/mol. The molecule has 0 saturated heterocycles. The Morgan fingerprint density at radius 2 is 1.81 bits per heavy atom. The summed E-state index contributed by atoms with van der Waals surface area (Å²) in [7, 11) is 0. The first kappa shape index (κ1) is 15.6. The monoisotopic (exact) mass is 301 g/mol. The van der Waals surface area contributed by atoms with Gasteiger partial charge in [-0.2, -0.15) is 0 Å². The molecule has 0 spiro atoms. The molecular formula is C17H19NO2S. The third-order valence-electron chi connectivity index (χ3n) is 3.23. The highest BCUT2D eigenvalue weighted by Gasteiger charge is 2.13.